The third-order valence-electron chi connectivity index (χ3n) is 7.55. The number of aromatic amines is 1. The summed E-state index contributed by atoms with van der Waals surface area (Å²) in [6.45, 7) is 9.80. The number of hydrogen-bond donors (Lipinski definition) is 3. The summed E-state index contributed by atoms with van der Waals surface area (Å²) in [6, 6.07) is 12.8. The summed E-state index contributed by atoms with van der Waals surface area (Å²) in [5.74, 6) is -0.0334. The summed E-state index contributed by atoms with van der Waals surface area (Å²) in [7, 11) is -1.70. The van der Waals surface area contributed by atoms with Crippen molar-refractivity contribution in [2.45, 2.75) is 58.9 Å². The first kappa shape index (κ1) is 30.2. The molecule has 0 spiro atoms. The van der Waals surface area contributed by atoms with Gasteiger partial charge in [-0.3, -0.25) is 4.79 Å². The molecule has 2 heterocycles. The van der Waals surface area contributed by atoms with E-state index in [1.165, 1.54) is 11.1 Å². The van der Waals surface area contributed by atoms with Gasteiger partial charge >= 0.3 is 0 Å². The third-order valence-corrected chi connectivity index (χ3v) is 9.51. The minimum Gasteiger partial charge on any atom is -0.385 e. The maximum Gasteiger partial charge on any atom is 0.221 e. The monoisotopic (exact) mass is 568 g/mol. The van der Waals surface area contributed by atoms with Crippen molar-refractivity contribution in [3.63, 3.8) is 0 Å². The number of aromatic nitrogens is 1. The smallest absolute Gasteiger partial charge is 0.221 e. The highest BCUT2D eigenvalue weighted by atomic mass is 32.2. The lowest BCUT2D eigenvalue weighted by Crippen LogP contribution is -2.39. The van der Waals surface area contributed by atoms with Crippen LogP contribution in [0.15, 0.2) is 42.6 Å². The topological polar surface area (TPSA) is 118 Å². The van der Waals surface area contributed by atoms with Gasteiger partial charge in [-0.1, -0.05) is 39.0 Å². The molecule has 2 aromatic carbocycles. The molecule has 0 radical (unpaired) electrons. The van der Waals surface area contributed by atoms with Crippen molar-refractivity contribution in [2.75, 3.05) is 39.1 Å². The summed E-state index contributed by atoms with van der Waals surface area (Å²) >= 11 is 0. The molecule has 1 aromatic heterocycles. The largest absolute Gasteiger partial charge is 0.385 e. The summed E-state index contributed by atoms with van der Waals surface area (Å²) in [5.41, 5.74) is 12.1. The number of ether oxygens (including phenoxy) is 1. The second-order valence-electron chi connectivity index (χ2n) is 12.1. The van der Waals surface area contributed by atoms with Gasteiger partial charge < -0.3 is 20.8 Å². The predicted molar refractivity (Wildman–Crippen MR) is 162 cm³/mol. The van der Waals surface area contributed by atoms with Crippen LogP contribution in [0.2, 0.25) is 0 Å². The number of hydrogen-bond acceptors (Lipinski definition) is 5. The lowest BCUT2D eigenvalue weighted by Gasteiger charge is -2.31. The number of amides is 1. The second kappa shape index (κ2) is 12.9. The molecular weight excluding hydrogens is 524 g/mol. The molecule has 1 amide bonds. The number of benzene rings is 2. The van der Waals surface area contributed by atoms with Gasteiger partial charge in [-0.15, -0.1) is 0 Å². The lowest BCUT2D eigenvalue weighted by atomic mass is 9.88. The van der Waals surface area contributed by atoms with E-state index in [2.05, 4.69) is 67.5 Å². The van der Waals surface area contributed by atoms with Crippen molar-refractivity contribution < 1.29 is 17.9 Å². The van der Waals surface area contributed by atoms with Gasteiger partial charge in [0.1, 0.15) is 0 Å². The molecule has 1 fully saturated rings. The van der Waals surface area contributed by atoms with E-state index < -0.39 is 10.0 Å². The molecule has 0 unspecified atom stereocenters. The van der Waals surface area contributed by atoms with E-state index in [-0.39, 0.29) is 29.4 Å². The molecular formula is C31H44N4O4S. The number of nitrogens with zero attached hydrogens (tertiary/aromatic N) is 1. The standard InChI is InChI=1S/C31H44N4O4S/c1-31(2,3)21-33-19-22-7-5-8-24(15-22)25-16-26(18-29(32)36)30-27(17-25)28(20-34-30)23-9-11-35(12-10-23)40(37,38)14-6-13-39-4/h5,7-8,15-17,20,23,33-34H,6,9-14,18-19,21H2,1-4H3,(H2,32,36). The molecule has 1 saturated heterocycles. The fraction of sp³-hybridized carbons (Fsp3) is 0.516. The Labute approximate surface area is 238 Å². The van der Waals surface area contributed by atoms with Crippen LogP contribution in [0.3, 0.4) is 0 Å². The third kappa shape index (κ3) is 7.72. The molecule has 40 heavy (non-hydrogen) atoms. The highest BCUT2D eigenvalue weighted by molar-refractivity contribution is 7.89. The van der Waals surface area contributed by atoms with Crippen LogP contribution in [-0.2, 0) is 32.5 Å². The van der Waals surface area contributed by atoms with Gasteiger partial charge in [-0.25, -0.2) is 12.7 Å². The first-order valence-corrected chi connectivity index (χ1v) is 15.8. The van der Waals surface area contributed by atoms with E-state index in [9.17, 15) is 13.2 Å². The van der Waals surface area contributed by atoms with Crippen LogP contribution in [0.25, 0.3) is 22.0 Å². The quantitative estimate of drug-likeness (QED) is 0.277. The number of nitrogens with two attached hydrogens (primary N) is 1. The Balaban J connectivity index is 1.59. The van der Waals surface area contributed by atoms with Crippen molar-refractivity contribution in [2.24, 2.45) is 11.1 Å². The van der Waals surface area contributed by atoms with Gasteiger partial charge in [-0.2, -0.15) is 0 Å². The van der Waals surface area contributed by atoms with E-state index >= 15 is 0 Å². The number of piperidine rings is 1. The molecule has 8 nitrogen and oxygen atoms in total. The summed E-state index contributed by atoms with van der Waals surface area (Å²) in [5, 5.41) is 4.62. The number of primary amides is 1. The second-order valence-corrected chi connectivity index (χ2v) is 14.2. The first-order valence-electron chi connectivity index (χ1n) is 14.2. The van der Waals surface area contributed by atoms with Crippen molar-refractivity contribution >= 4 is 26.8 Å². The molecule has 0 aliphatic carbocycles. The minimum absolute atomic E-state index is 0.114. The zero-order valence-electron chi connectivity index (χ0n) is 24.3. The minimum atomic E-state index is -3.28. The van der Waals surface area contributed by atoms with Crippen LogP contribution in [0.1, 0.15) is 62.6 Å². The number of fused-ring (bicyclic) bond motifs is 1. The Bertz CT molecular complexity index is 1420. The number of carbonyl (C=O) groups is 1. The van der Waals surface area contributed by atoms with Crippen LogP contribution >= 0.6 is 0 Å². The van der Waals surface area contributed by atoms with Gasteiger partial charge in [0.25, 0.3) is 0 Å². The van der Waals surface area contributed by atoms with Crippen LogP contribution in [0.4, 0.5) is 0 Å². The van der Waals surface area contributed by atoms with E-state index in [4.69, 9.17) is 10.5 Å². The Morgan fingerprint density at radius 1 is 1.15 bits per heavy atom. The summed E-state index contributed by atoms with van der Waals surface area (Å²) in [4.78, 5) is 15.4. The zero-order chi connectivity index (χ0) is 28.9. The van der Waals surface area contributed by atoms with Crippen LogP contribution in [0, 0.1) is 5.41 Å². The average Bonchev–Trinajstić information content (AvgIpc) is 3.32. The fourth-order valence-corrected chi connectivity index (χ4v) is 7.07. The average molecular weight is 569 g/mol. The van der Waals surface area contributed by atoms with E-state index in [1.807, 2.05) is 6.20 Å². The number of nitrogens with one attached hydrogen (secondary N) is 2. The summed E-state index contributed by atoms with van der Waals surface area (Å²) < 4.78 is 32.2. The highest BCUT2D eigenvalue weighted by Crippen LogP contribution is 2.37. The first-order chi connectivity index (χ1) is 19.0. The van der Waals surface area contributed by atoms with E-state index in [1.54, 1.807) is 11.4 Å². The molecule has 1 aliphatic heterocycles. The molecule has 218 valence electrons. The zero-order valence-corrected chi connectivity index (χ0v) is 25.1. The van der Waals surface area contributed by atoms with E-state index in [0.717, 1.165) is 53.5 Å². The van der Waals surface area contributed by atoms with Crippen molar-refractivity contribution in [3.8, 4) is 11.1 Å². The molecule has 0 bridgehead atoms. The molecule has 9 heteroatoms. The maximum atomic E-state index is 12.8. The van der Waals surface area contributed by atoms with Crippen LogP contribution in [-0.4, -0.2) is 62.7 Å². The Hall–Kier alpha value is -2.72. The number of H-pyrrole nitrogens is 1. The van der Waals surface area contributed by atoms with Crippen LogP contribution in [0.5, 0.6) is 0 Å². The highest BCUT2D eigenvalue weighted by Gasteiger charge is 2.29. The Morgan fingerprint density at radius 3 is 2.58 bits per heavy atom. The summed E-state index contributed by atoms with van der Waals surface area (Å²) in [6.07, 6.45) is 4.18. The van der Waals surface area contributed by atoms with Crippen molar-refractivity contribution in [1.29, 1.82) is 0 Å². The molecule has 0 saturated carbocycles. The molecule has 0 atom stereocenters. The fourth-order valence-electron chi connectivity index (χ4n) is 5.56. The van der Waals surface area contributed by atoms with Crippen LogP contribution < -0.4 is 11.1 Å². The normalized spacial score (nSPS) is 15.6. The van der Waals surface area contributed by atoms with Gasteiger partial charge in [0, 0.05) is 57.0 Å². The van der Waals surface area contributed by atoms with Gasteiger partial charge in [-0.05, 0) is 76.6 Å². The Morgan fingerprint density at radius 2 is 1.90 bits per heavy atom. The number of methoxy groups -OCH3 is 1. The number of rotatable bonds is 12. The van der Waals surface area contributed by atoms with Gasteiger partial charge in [0.2, 0.25) is 15.9 Å². The number of carbonyl (C=O) groups excluding carboxylic acids is 1. The van der Waals surface area contributed by atoms with E-state index in [0.29, 0.717) is 26.1 Å². The lowest BCUT2D eigenvalue weighted by molar-refractivity contribution is -0.117. The van der Waals surface area contributed by atoms with Gasteiger partial charge in [0.05, 0.1) is 12.2 Å². The maximum absolute atomic E-state index is 12.8. The molecule has 4 rings (SSSR count). The number of sulfonamides is 1. The molecule has 3 aromatic rings. The molecule has 1 aliphatic rings. The van der Waals surface area contributed by atoms with Crippen molar-refractivity contribution in [1.82, 2.24) is 14.6 Å². The van der Waals surface area contributed by atoms with Gasteiger partial charge in [0.15, 0.2) is 0 Å². The SMILES string of the molecule is COCCCS(=O)(=O)N1CCC(c2c[nH]c3c(CC(N)=O)cc(-c4cccc(CNCC(C)(C)C)c4)cc23)CC1. The molecule has 4 N–H and O–H groups in total. The van der Waals surface area contributed by atoms with Crippen molar-refractivity contribution in [3.05, 3.63) is 59.3 Å². The Kier molecular flexibility index (Phi) is 9.72. The predicted octanol–water partition coefficient (Wildman–Crippen LogP) is 4.54.